The third-order valence-electron chi connectivity index (χ3n) is 4.60. The first kappa shape index (κ1) is 19.4. The van der Waals surface area contributed by atoms with Crippen LogP contribution in [0.3, 0.4) is 0 Å². The summed E-state index contributed by atoms with van der Waals surface area (Å²) in [7, 11) is -3.18. The summed E-state index contributed by atoms with van der Waals surface area (Å²) in [4.78, 5) is 14.5. The second kappa shape index (κ2) is 8.08. The zero-order valence-corrected chi connectivity index (χ0v) is 15.9. The molecule has 1 heterocycles. The van der Waals surface area contributed by atoms with Gasteiger partial charge in [-0.05, 0) is 43.2 Å². The predicted octanol–water partition coefficient (Wildman–Crippen LogP) is 3.05. The topological polar surface area (TPSA) is 63.7 Å². The molecule has 144 valence electrons. The van der Waals surface area contributed by atoms with Crippen molar-refractivity contribution in [3.05, 3.63) is 65.5 Å². The predicted molar refractivity (Wildman–Crippen MR) is 101 cm³/mol. The molecular formula is C20H22FNO4S. The largest absolute Gasteiger partial charge is 0.494 e. The van der Waals surface area contributed by atoms with Gasteiger partial charge in [0.1, 0.15) is 11.6 Å². The average Bonchev–Trinajstić information content (AvgIpc) is 3.01. The van der Waals surface area contributed by atoms with Crippen molar-refractivity contribution < 1.29 is 22.3 Å². The molecule has 27 heavy (non-hydrogen) atoms. The quantitative estimate of drug-likeness (QED) is 0.759. The first-order chi connectivity index (χ1) is 12.9. The van der Waals surface area contributed by atoms with E-state index in [1.165, 1.54) is 23.1 Å². The van der Waals surface area contributed by atoms with Crippen LogP contribution in [0.5, 0.6) is 5.75 Å². The van der Waals surface area contributed by atoms with Crippen LogP contribution >= 0.6 is 0 Å². The van der Waals surface area contributed by atoms with Crippen molar-refractivity contribution in [2.24, 2.45) is 0 Å². The molecule has 3 rings (SSSR count). The van der Waals surface area contributed by atoms with E-state index in [2.05, 4.69) is 0 Å². The number of sulfone groups is 1. The molecule has 5 nitrogen and oxygen atoms in total. The third-order valence-corrected chi connectivity index (χ3v) is 6.35. The summed E-state index contributed by atoms with van der Waals surface area (Å²) >= 11 is 0. The second-order valence-electron chi connectivity index (χ2n) is 6.55. The van der Waals surface area contributed by atoms with Crippen molar-refractivity contribution in [1.82, 2.24) is 4.90 Å². The summed E-state index contributed by atoms with van der Waals surface area (Å²) < 4.78 is 43.4. The molecular weight excluding hydrogens is 369 g/mol. The molecule has 0 unspecified atom stereocenters. The van der Waals surface area contributed by atoms with E-state index in [9.17, 15) is 17.6 Å². The third kappa shape index (κ3) is 4.66. The lowest BCUT2D eigenvalue weighted by Gasteiger charge is -2.28. The molecule has 0 radical (unpaired) electrons. The molecule has 2 aromatic carbocycles. The molecule has 1 aliphatic heterocycles. The lowest BCUT2D eigenvalue weighted by Crippen LogP contribution is -2.41. The van der Waals surface area contributed by atoms with Crippen LogP contribution in [0.4, 0.5) is 4.39 Å². The molecule has 0 bridgehead atoms. The summed E-state index contributed by atoms with van der Waals surface area (Å²) in [6.45, 7) is 2.65. The first-order valence-corrected chi connectivity index (χ1v) is 10.7. The van der Waals surface area contributed by atoms with Crippen molar-refractivity contribution in [2.45, 2.75) is 25.9 Å². The van der Waals surface area contributed by atoms with Crippen LogP contribution in [-0.4, -0.2) is 43.4 Å². The van der Waals surface area contributed by atoms with Crippen LogP contribution in [0.1, 0.15) is 29.3 Å². The zero-order valence-electron chi connectivity index (χ0n) is 15.1. The van der Waals surface area contributed by atoms with Crippen molar-refractivity contribution in [2.75, 3.05) is 18.1 Å². The van der Waals surface area contributed by atoms with Crippen molar-refractivity contribution >= 4 is 15.7 Å². The van der Waals surface area contributed by atoms with Crippen LogP contribution in [0.15, 0.2) is 48.5 Å². The highest BCUT2D eigenvalue weighted by molar-refractivity contribution is 7.91. The fraction of sp³-hybridized carbons (Fsp3) is 0.350. The molecule has 1 saturated heterocycles. The van der Waals surface area contributed by atoms with E-state index in [0.717, 1.165) is 11.3 Å². The van der Waals surface area contributed by atoms with E-state index < -0.39 is 27.6 Å². The average molecular weight is 391 g/mol. The highest BCUT2D eigenvalue weighted by Crippen LogP contribution is 2.24. The van der Waals surface area contributed by atoms with E-state index in [1.807, 2.05) is 19.1 Å². The smallest absolute Gasteiger partial charge is 0.257 e. The first-order valence-electron chi connectivity index (χ1n) is 8.87. The van der Waals surface area contributed by atoms with Crippen LogP contribution < -0.4 is 4.74 Å². The number of amides is 1. The fourth-order valence-electron chi connectivity index (χ4n) is 3.23. The molecule has 1 amide bonds. The second-order valence-corrected chi connectivity index (χ2v) is 8.78. The fourth-order valence-corrected chi connectivity index (χ4v) is 4.96. The number of carbonyl (C=O) groups is 1. The normalized spacial score (nSPS) is 18.2. The van der Waals surface area contributed by atoms with Crippen LogP contribution in [0, 0.1) is 5.82 Å². The Morgan fingerprint density at radius 2 is 1.89 bits per heavy atom. The monoisotopic (exact) mass is 391 g/mol. The number of halogens is 1. The van der Waals surface area contributed by atoms with E-state index in [4.69, 9.17) is 4.74 Å². The number of nitrogens with zero attached hydrogens (tertiary/aromatic N) is 1. The molecule has 2 aromatic rings. The number of hydrogen-bond donors (Lipinski definition) is 0. The van der Waals surface area contributed by atoms with Gasteiger partial charge in [0.2, 0.25) is 0 Å². The lowest BCUT2D eigenvalue weighted by molar-refractivity contribution is 0.0676. The van der Waals surface area contributed by atoms with Gasteiger partial charge in [-0.2, -0.15) is 0 Å². The summed E-state index contributed by atoms with van der Waals surface area (Å²) in [5.41, 5.74) is 0.778. The van der Waals surface area contributed by atoms with Gasteiger partial charge in [-0.15, -0.1) is 0 Å². The van der Waals surface area contributed by atoms with Crippen molar-refractivity contribution in [3.8, 4) is 5.75 Å². The van der Waals surface area contributed by atoms with E-state index in [0.29, 0.717) is 13.0 Å². The van der Waals surface area contributed by atoms with Gasteiger partial charge in [0, 0.05) is 12.6 Å². The Bertz CT molecular complexity index is 912. The van der Waals surface area contributed by atoms with Crippen LogP contribution in [0.2, 0.25) is 0 Å². The number of carbonyl (C=O) groups excluding carboxylic acids is 1. The molecule has 0 saturated carbocycles. The van der Waals surface area contributed by atoms with Gasteiger partial charge < -0.3 is 9.64 Å². The van der Waals surface area contributed by atoms with Gasteiger partial charge in [-0.25, -0.2) is 12.8 Å². The number of ether oxygens (including phenoxy) is 1. The van der Waals surface area contributed by atoms with Crippen LogP contribution in [0.25, 0.3) is 0 Å². The maximum atomic E-state index is 14.1. The van der Waals surface area contributed by atoms with E-state index >= 15 is 0 Å². The van der Waals surface area contributed by atoms with Crippen molar-refractivity contribution in [1.29, 1.82) is 0 Å². The molecule has 0 aliphatic carbocycles. The standard InChI is InChI=1S/C20H22FNO4S/c1-2-26-17-9-7-15(8-10-17)13-22(16-11-12-27(24,25)14-16)20(23)18-5-3-4-6-19(18)21/h3-10,16H,2,11-14H2,1H3/t16-/m0/s1. The van der Waals surface area contributed by atoms with E-state index in [-0.39, 0.29) is 23.6 Å². The zero-order chi connectivity index (χ0) is 19.4. The van der Waals surface area contributed by atoms with Gasteiger partial charge in [-0.1, -0.05) is 24.3 Å². The van der Waals surface area contributed by atoms with Crippen LogP contribution in [-0.2, 0) is 16.4 Å². The Morgan fingerprint density at radius 3 is 2.48 bits per heavy atom. The van der Waals surface area contributed by atoms with Gasteiger partial charge in [0.25, 0.3) is 5.91 Å². The molecule has 1 fully saturated rings. The Morgan fingerprint density at radius 1 is 1.19 bits per heavy atom. The lowest BCUT2D eigenvalue weighted by atomic mass is 10.1. The SMILES string of the molecule is CCOc1ccc(CN(C(=O)c2ccccc2F)[C@H]2CCS(=O)(=O)C2)cc1. The van der Waals surface area contributed by atoms with Gasteiger partial charge in [-0.3, -0.25) is 4.79 Å². The molecule has 0 aromatic heterocycles. The Labute approximate surface area is 158 Å². The minimum atomic E-state index is -3.18. The highest BCUT2D eigenvalue weighted by atomic mass is 32.2. The van der Waals surface area contributed by atoms with Crippen molar-refractivity contribution in [3.63, 3.8) is 0 Å². The van der Waals surface area contributed by atoms with Gasteiger partial charge in [0.05, 0.1) is 23.7 Å². The summed E-state index contributed by atoms with van der Waals surface area (Å²) in [5.74, 6) is -0.438. The Balaban J connectivity index is 1.88. The number of hydrogen-bond acceptors (Lipinski definition) is 4. The number of rotatable bonds is 6. The Kier molecular flexibility index (Phi) is 5.79. The maximum absolute atomic E-state index is 14.1. The molecule has 7 heteroatoms. The minimum absolute atomic E-state index is 0.0436. The maximum Gasteiger partial charge on any atom is 0.257 e. The molecule has 1 atom stereocenters. The summed E-state index contributed by atoms with van der Waals surface area (Å²) in [5, 5.41) is 0. The summed E-state index contributed by atoms with van der Waals surface area (Å²) in [6.07, 6.45) is 0.361. The summed E-state index contributed by atoms with van der Waals surface area (Å²) in [6, 6.07) is 12.6. The van der Waals surface area contributed by atoms with Gasteiger partial charge in [0.15, 0.2) is 9.84 Å². The Hall–Kier alpha value is -2.41. The molecule has 1 aliphatic rings. The minimum Gasteiger partial charge on any atom is -0.494 e. The van der Waals surface area contributed by atoms with E-state index in [1.54, 1.807) is 18.2 Å². The highest BCUT2D eigenvalue weighted by Gasteiger charge is 2.35. The van der Waals surface area contributed by atoms with Gasteiger partial charge >= 0.3 is 0 Å². The molecule has 0 spiro atoms. The molecule has 0 N–H and O–H groups in total. The number of benzene rings is 2.